The minimum absolute atomic E-state index is 0.0724. The van der Waals surface area contributed by atoms with Crippen LogP contribution in [0.15, 0.2) is 24.3 Å². The molecule has 14 atom stereocenters. The maximum atomic E-state index is 14.1. The first kappa shape index (κ1) is 45.1. The minimum Gasteiger partial charge on any atom is -0.461 e. The number of aliphatic hydroxyl groups is 3. The van der Waals surface area contributed by atoms with Crippen molar-refractivity contribution in [2.45, 2.75) is 147 Å². The summed E-state index contributed by atoms with van der Waals surface area (Å²) in [5.74, 6) is -5.38. The number of cyclic esters (lactones) is 1. The molecule has 0 spiro atoms. The molecule has 54 heavy (non-hydrogen) atoms. The van der Waals surface area contributed by atoms with Crippen LogP contribution in [0.25, 0.3) is 0 Å². The van der Waals surface area contributed by atoms with Crippen LogP contribution in [-0.4, -0.2) is 130 Å². The van der Waals surface area contributed by atoms with Crippen molar-refractivity contribution in [3.8, 4) is 0 Å². The summed E-state index contributed by atoms with van der Waals surface area (Å²) in [7, 11) is 5.13. The predicted molar refractivity (Wildman–Crippen MR) is 196 cm³/mol. The second-order valence-electron chi connectivity index (χ2n) is 15.8. The monoisotopic (exact) mass is 767 g/mol. The van der Waals surface area contributed by atoms with Crippen LogP contribution < -0.4 is 5.32 Å². The molecule has 16 nitrogen and oxygen atoms in total. The standard InChI is InChI=1S/C38H61N3O13/c1-12-28-38(8,47)32(44)24(6)34(45)39-20(2)19-37(7,50-11)33(54-36-30(43)27(40(9)10)17-21(3)51-36)22(4)31(23(5)35(46)52-28)53-29(42)18-25-13-15-26(16-14-25)41(48)49/h13-16,20-24,27-28,30-33,36,43-44,47H,12,17-19H2,1-11H3,(H,39,45)/t20-,21-,22+,23-,24-,27+,28?,30-,31+,32-,33-,36+,37-,38-/m1/s1. The number of esters is 2. The Morgan fingerprint density at radius 2 is 1.69 bits per heavy atom. The number of benzene rings is 1. The van der Waals surface area contributed by atoms with Gasteiger partial charge in [0.25, 0.3) is 5.69 Å². The third-order valence-electron chi connectivity index (χ3n) is 11.1. The third-order valence-corrected chi connectivity index (χ3v) is 11.1. The lowest BCUT2D eigenvalue weighted by atomic mass is 9.78. The van der Waals surface area contributed by atoms with Gasteiger partial charge in [0.1, 0.15) is 23.9 Å². The summed E-state index contributed by atoms with van der Waals surface area (Å²) in [5, 5.41) is 48.4. The Hall–Kier alpha value is -3.25. The van der Waals surface area contributed by atoms with Gasteiger partial charge in [0.05, 0.1) is 47.1 Å². The van der Waals surface area contributed by atoms with E-state index in [0.717, 1.165) is 0 Å². The van der Waals surface area contributed by atoms with Crippen LogP contribution in [0, 0.1) is 27.9 Å². The lowest BCUT2D eigenvalue weighted by molar-refractivity contribution is -0.384. The second-order valence-corrected chi connectivity index (χ2v) is 15.8. The molecule has 4 N–H and O–H groups in total. The number of likely N-dealkylation sites (N-methyl/N-ethyl adjacent to an activating group) is 1. The van der Waals surface area contributed by atoms with Crippen molar-refractivity contribution in [1.29, 1.82) is 0 Å². The highest BCUT2D eigenvalue weighted by molar-refractivity contribution is 5.79. The number of amides is 1. The number of hydrogen-bond acceptors (Lipinski definition) is 14. The summed E-state index contributed by atoms with van der Waals surface area (Å²) in [6.45, 7) is 13.0. The Bertz CT molecular complexity index is 1440. The normalized spacial score (nSPS) is 38.8. The maximum absolute atomic E-state index is 14.1. The highest BCUT2D eigenvalue weighted by Gasteiger charge is 2.52. The number of ether oxygens (including phenoxy) is 5. The molecule has 1 unspecified atom stereocenters. The van der Waals surface area contributed by atoms with E-state index in [-0.39, 0.29) is 37.1 Å². The minimum atomic E-state index is -2.06. The van der Waals surface area contributed by atoms with Gasteiger partial charge in [0, 0.05) is 37.2 Å². The summed E-state index contributed by atoms with van der Waals surface area (Å²) in [6.07, 6.45) is -7.43. The first-order valence-corrected chi connectivity index (χ1v) is 18.6. The first-order chi connectivity index (χ1) is 25.1. The number of non-ortho nitro benzene ring substituents is 1. The van der Waals surface area contributed by atoms with Crippen molar-refractivity contribution in [3.63, 3.8) is 0 Å². The zero-order chi connectivity index (χ0) is 40.9. The van der Waals surface area contributed by atoms with Gasteiger partial charge in [-0.3, -0.25) is 24.5 Å². The fourth-order valence-corrected chi connectivity index (χ4v) is 7.74. The number of nitrogens with one attached hydrogen (secondary N) is 1. The van der Waals surface area contributed by atoms with Gasteiger partial charge in [0.15, 0.2) is 6.29 Å². The van der Waals surface area contributed by atoms with Gasteiger partial charge in [-0.25, -0.2) is 0 Å². The molecular weight excluding hydrogens is 706 g/mol. The Morgan fingerprint density at radius 1 is 1.07 bits per heavy atom. The van der Waals surface area contributed by atoms with E-state index in [0.29, 0.717) is 12.0 Å². The van der Waals surface area contributed by atoms with Gasteiger partial charge >= 0.3 is 11.9 Å². The molecule has 1 aromatic rings. The number of carbonyl (C=O) groups excluding carboxylic acids is 3. The number of aliphatic hydroxyl groups excluding tert-OH is 2. The van der Waals surface area contributed by atoms with E-state index in [1.807, 2.05) is 25.9 Å². The van der Waals surface area contributed by atoms with Crippen LogP contribution in [0.1, 0.15) is 80.2 Å². The van der Waals surface area contributed by atoms with Gasteiger partial charge in [-0.05, 0) is 73.5 Å². The molecular formula is C38H61N3O13. The highest BCUT2D eigenvalue weighted by Crippen LogP contribution is 2.38. The second kappa shape index (κ2) is 18.6. The molecule has 0 radical (unpaired) electrons. The molecule has 3 rings (SSSR count). The molecule has 306 valence electrons. The van der Waals surface area contributed by atoms with Crippen LogP contribution in [-0.2, 0) is 44.5 Å². The lowest BCUT2D eigenvalue weighted by Gasteiger charge is -2.48. The van der Waals surface area contributed by atoms with E-state index in [2.05, 4.69) is 5.32 Å². The molecule has 2 aliphatic rings. The van der Waals surface area contributed by atoms with Crippen molar-refractivity contribution < 1.29 is 58.3 Å². The Kier molecular flexibility index (Phi) is 15.5. The Balaban J connectivity index is 2.17. The van der Waals surface area contributed by atoms with Crippen LogP contribution in [0.4, 0.5) is 5.69 Å². The average molecular weight is 768 g/mol. The number of nitrogens with zero attached hydrogens (tertiary/aromatic N) is 2. The van der Waals surface area contributed by atoms with Gasteiger partial charge in [-0.1, -0.05) is 32.9 Å². The molecule has 0 saturated carbocycles. The van der Waals surface area contributed by atoms with Crippen molar-refractivity contribution >= 4 is 23.5 Å². The largest absolute Gasteiger partial charge is 0.461 e. The number of rotatable bonds is 9. The number of nitro groups is 1. The predicted octanol–water partition coefficient (Wildman–Crippen LogP) is 2.52. The van der Waals surface area contributed by atoms with E-state index in [1.165, 1.54) is 52.1 Å². The smallest absolute Gasteiger partial charge is 0.312 e. The molecule has 0 aromatic heterocycles. The van der Waals surface area contributed by atoms with E-state index < -0.39 is 94.6 Å². The van der Waals surface area contributed by atoms with Crippen molar-refractivity contribution in [1.82, 2.24) is 10.2 Å². The Morgan fingerprint density at radius 3 is 2.22 bits per heavy atom. The van der Waals surface area contributed by atoms with Crippen LogP contribution in [0.2, 0.25) is 0 Å². The molecule has 0 aliphatic carbocycles. The summed E-state index contributed by atoms with van der Waals surface area (Å²) < 4.78 is 31.0. The zero-order valence-electron chi connectivity index (χ0n) is 33.4. The number of methoxy groups -OCH3 is 1. The highest BCUT2D eigenvalue weighted by atomic mass is 16.7. The fourth-order valence-electron chi connectivity index (χ4n) is 7.74. The molecule has 2 saturated heterocycles. The van der Waals surface area contributed by atoms with Gasteiger partial charge < -0.3 is 49.2 Å². The molecule has 0 bridgehead atoms. The molecule has 16 heteroatoms. The molecule has 2 heterocycles. The number of carbonyl (C=O) groups is 3. The average Bonchev–Trinajstić information content (AvgIpc) is 3.10. The lowest BCUT2D eigenvalue weighted by Crippen LogP contribution is -2.60. The quantitative estimate of drug-likeness (QED) is 0.161. The summed E-state index contributed by atoms with van der Waals surface area (Å²) in [6, 6.07) is 4.48. The zero-order valence-corrected chi connectivity index (χ0v) is 33.4. The fraction of sp³-hybridized carbons (Fsp3) is 0.763. The van der Waals surface area contributed by atoms with Crippen LogP contribution >= 0.6 is 0 Å². The van der Waals surface area contributed by atoms with E-state index in [9.17, 15) is 39.8 Å². The number of hydrogen-bond donors (Lipinski definition) is 4. The summed E-state index contributed by atoms with van der Waals surface area (Å²) >= 11 is 0. The van der Waals surface area contributed by atoms with Gasteiger partial charge in [-0.2, -0.15) is 0 Å². The molecule has 1 amide bonds. The van der Waals surface area contributed by atoms with E-state index in [1.54, 1.807) is 27.7 Å². The maximum Gasteiger partial charge on any atom is 0.312 e. The van der Waals surface area contributed by atoms with E-state index in [4.69, 9.17) is 23.7 Å². The summed E-state index contributed by atoms with van der Waals surface area (Å²) in [5.41, 5.74) is -3.08. The van der Waals surface area contributed by atoms with Crippen molar-refractivity contribution in [2.75, 3.05) is 21.2 Å². The van der Waals surface area contributed by atoms with Crippen molar-refractivity contribution in [2.24, 2.45) is 17.8 Å². The van der Waals surface area contributed by atoms with Crippen LogP contribution in [0.3, 0.4) is 0 Å². The molecule has 1 aromatic carbocycles. The van der Waals surface area contributed by atoms with Gasteiger partial charge in [0.2, 0.25) is 5.91 Å². The molecule has 2 fully saturated rings. The SMILES string of the molecule is CCC1OC(=O)[C@H](C)[C@@H](OC(=O)Cc2ccc([N+](=O)[O-])cc2)[C@H](C)[C@@H](O[C@@H]2O[C@H](C)C[C@H](N(C)C)[C@H]2O)[C@](C)(OC)C[C@@H](C)NC(=O)[C@H](C)[C@@H](O)[C@]1(C)O. The first-order valence-electron chi connectivity index (χ1n) is 18.6. The third kappa shape index (κ3) is 10.5. The van der Waals surface area contributed by atoms with Gasteiger partial charge in [-0.15, -0.1) is 0 Å². The number of nitro benzene ring substituents is 1. The summed E-state index contributed by atoms with van der Waals surface area (Å²) in [4.78, 5) is 53.7. The Labute approximate surface area is 317 Å². The molecule has 2 aliphatic heterocycles. The van der Waals surface area contributed by atoms with Crippen molar-refractivity contribution in [3.05, 3.63) is 39.9 Å². The van der Waals surface area contributed by atoms with Crippen LogP contribution in [0.5, 0.6) is 0 Å². The topological polar surface area (TPSA) is 216 Å². The van der Waals surface area contributed by atoms with E-state index >= 15 is 0 Å².